The molecule has 3 rings (SSSR count). The van der Waals surface area contributed by atoms with Crippen LogP contribution in [0.5, 0.6) is 5.75 Å². The molecule has 3 heteroatoms. The van der Waals surface area contributed by atoms with E-state index in [1.165, 1.54) is 43.7 Å². The number of benzene rings is 2. The molecule has 0 spiro atoms. The number of amides is 1. The first-order valence-electron chi connectivity index (χ1n) is 8.59. The van der Waals surface area contributed by atoms with Crippen molar-refractivity contribution in [3.05, 3.63) is 65.7 Å². The molecule has 0 radical (unpaired) electrons. The molecule has 1 saturated carbocycles. The Balaban J connectivity index is 1.57. The van der Waals surface area contributed by atoms with Crippen LogP contribution in [0.15, 0.2) is 54.6 Å². The summed E-state index contributed by atoms with van der Waals surface area (Å²) in [5.74, 6) is 0.737. The van der Waals surface area contributed by atoms with Gasteiger partial charge in [0.2, 0.25) is 5.91 Å². The first-order chi connectivity index (χ1) is 11.7. The fourth-order valence-electron chi connectivity index (χ4n) is 3.22. The van der Waals surface area contributed by atoms with Crippen molar-refractivity contribution in [1.29, 1.82) is 0 Å². The molecule has 0 bridgehead atoms. The molecular formula is C21H23NO2. The molecule has 1 aliphatic rings. The van der Waals surface area contributed by atoms with E-state index in [0.29, 0.717) is 5.92 Å². The maximum absolute atomic E-state index is 12.0. The molecule has 24 heavy (non-hydrogen) atoms. The summed E-state index contributed by atoms with van der Waals surface area (Å²) < 4.78 is 0. The van der Waals surface area contributed by atoms with E-state index in [0.717, 1.165) is 11.3 Å². The smallest absolute Gasteiger partial charge is 0.248 e. The highest BCUT2D eigenvalue weighted by Crippen LogP contribution is 2.32. The third-order valence-electron chi connectivity index (χ3n) is 4.58. The molecule has 1 amide bonds. The number of rotatable bonds is 4. The van der Waals surface area contributed by atoms with Crippen LogP contribution < -0.4 is 5.32 Å². The van der Waals surface area contributed by atoms with Crippen LogP contribution in [0.1, 0.15) is 49.1 Å². The van der Waals surface area contributed by atoms with Crippen LogP contribution in [0.2, 0.25) is 0 Å². The highest BCUT2D eigenvalue weighted by molar-refractivity contribution is 6.01. The lowest BCUT2D eigenvalue weighted by Crippen LogP contribution is -2.08. The highest BCUT2D eigenvalue weighted by atomic mass is 16.3. The zero-order valence-corrected chi connectivity index (χ0v) is 13.7. The topological polar surface area (TPSA) is 49.3 Å². The number of hydrogen-bond donors (Lipinski definition) is 2. The molecule has 0 heterocycles. The predicted molar refractivity (Wildman–Crippen MR) is 98.0 cm³/mol. The number of aromatic hydroxyl groups is 1. The minimum absolute atomic E-state index is 0.159. The summed E-state index contributed by atoms with van der Waals surface area (Å²) in [5, 5.41) is 12.1. The fraction of sp³-hybridized carbons (Fsp3) is 0.286. The number of carbonyl (C=O) groups is 1. The SMILES string of the molecule is O=C(/C=C/c1ccc(O)cc1)Nc1ccc(C2CCCCC2)cc1. The van der Waals surface area contributed by atoms with Gasteiger partial charge in [-0.2, -0.15) is 0 Å². The minimum Gasteiger partial charge on any atom is -0.508 e. The van der Waals surface area contributed by atoms with Crippen LogP contribution in [0.3, 0.4) is 0 Å². The van der Waals surface area contributed by atoms with Crippen LogP contribution in [-0.4, -0.2) is 11.0 Å². The van der Waals surface area contributed by atoms with E-state index in [4.69, 9.17) is 0 Å². The Morgan fingerprint density at radius 2 is 1.62 bits per heavy atom. The minimum atomic E-state index is -0.159. The normalized spacial score (nSPS) is 15.5. The van der Waals surface area contributed by atoms with Crippen LogP contribution in [0.4, 0.5) is 5.69 Å². The number of phenols is 1. The van der Waals surface area contributed by atoms with E-state index < -0.39 is 0 Å². The average Bonchev–Trinajstić information content (AvgIpc) is 2.63. The molecule has 1 fully saturated rings. The van der Waals surface area contributed by atoms with Gasteiger partial charge < -0.3 is 10.4 Å². The fourth-order valence-corrected chi connectivity index (χ4v) is 3.22. The monoisotopic (exact) mass is 321 g/mol. The molecule has 3 nitrogen and oxygen atoms in total. The van der Waals surface area contributed by atoms with Crippen LogP contribution >= 0.6 is 0 Å². The van der Waals surface area contributed by atoms with Gasteiger partial charge in [-0.3, -0.25) is 4.79 Å². The summed E-state index contributed by atoms with van der Waals surface area (Å²) in [6.45, 7) is 0. The van der Waals surface area contributed by atoms with Crippen molar-refractivity contribution in [2.45, 2.75) is 38.0 Å². The number of anilines is 1. The lowest BCUT2D eigenvalue weighted by molar-refractivity contribution is -0.111. The lowest BCUT2D eigenvalue weighted by atomic mass is 9.84. The van der Waals surface area contributed by atoms with Gasteiger partial charge in [0.15, 0.2) is 0 Å². The third kappa shape index (κ3) is 4.48. The second-order valence-electron chi connectivity index (χ2n) is 6.37. The lowest BCUT2D eigenvalue weighted by Gasteiger charge is -2.22. The summed E-state index contributed by atoms with van der Waals surface area (Å²) in [6, 6.07) is 15.0. The summed E-state index contributed by atoms with van der Waals surface area (Å²) in [7, 11) is 0. The third-order valence-corrected chi connectivity index (χ3v) is 4.58. The zero-order chi connectivity index (χ0) is 16.8. The predicted octanol–water partition coefficient (Wildman–Crippen LogP) is 5.09. The van der Waals surface area contributed by atoms with Crippen molar-refractivity contribution in [2.75, 3.05) is 5.32 Å². The van der Waals surface area contributed by atoms with E-state index in [9.17, 15) is 9.90 Å². The van der Waals surface area contributed by atoms with E-state index in [1.54, 1.807) is 30.3 Å². The second kappa shape index (κ2) is 7.82. The summed E-state index contributed by atoms with van der Waals surface area (Å²) in [6.07, 6.45) is 9.79. The van der Waals surface area contributed by atoms with Crippen LogP contribution in [-0.2, 0) is 4.79 Å². The summed E-state index contributed by atoms with van der Waals surface area (Å²) in [5.41, 5.74) is 3.07. The summed E-state index contributed by atoms with van der Waals surface area (Å²) >= 11 is 0. The molecular weight excluding hydrogens is 298 g/mol. The molecule has 0 aliphatic heterocycles. The number of nitrogens with one attached hydrogen (secondary N) is 1. The van der Waals surface area contributed by atoms with Gasteiger partial charge in [-0.1, -0.05) is 43.5 Å². The van der Waals surface area contributed by atoms with Crippen LogP contribution in [0, 0.1) is 0 Å². The number of carbonyl (C=O) groups excluding carboxylic acids is 1. The average molecular weight is 321 g/mol. The number of phenolic OH excluding ortho intramolecular Hbond substituents is 1. The maximum atomic E-state index is 12.0. The highest BCUT2D eigenvalue weighted by Gasteiger charge is 2.15. The number of hydrogen-bond acceptors (Lipinski definition) is 2. The zero-order valence-electron chi connectivity index (χ0n) is 13.7. The van der Waals surface area contributed by atoms with Gasteiger partial charge in [-0.05, 0) is 60.2 Å². The maximum Gasteiger partial charge on any atom is 0.248 e. The van der Waals surface area contributed by atoms with Crippen molar-refractivity contribution >= 4 is 17.7 Å². The van der Waals surface area contributed by atoms with E-state index in [2.05, 4.69) is 17.4 Å². The van der Waals surface area contributed by atoms with E-state index >= 15 is 0 Å². The van der Waals surface area contributed by atoms with Crippen molar-refractivity contribution in [2.24, 2.45) is 0 Å². The molecule has 2 aromatic rings. The molecule has 0 saturated heterocycles. The standard InChI is InChI=1S/C21H23NO2/c23-20-13-6-16(7-14-20)8-15-21(24)22-19-11-9-18(10-12-19)17-4-2-1-3-5-17/h6-15,17,23H,1-5H2,(H,22,24)/b15-8+. The molecule has 2 aromatic carbocycles. The van der Waals surface area contributed by atoms with E-state index in [1.807, 2.05) is 12.1 Å². The van der Waals surface area contributed by atoms with Gasteiger partial charge in [0.1, 0.15) is 5.75 Å². The first kappa shape index (κ1) is 16.3. The molecule has 1 aliphatic carbocycles. The molecule has 0 unspecified atom stereocenters. The second-order valence-corrected chi connectivity index (χ2v) is 6.37. The van der Waals surface area contributed by atoms with Gasteiger partial charge in [-0.25, -0.2) is 0 Å². The molecule has 2 N–H and O–H groups in total. The van der Waals surface area contributed by atoms with Crippen molar-refractivity contribution in [3.63, 3.8) is 0 Å². The van der Waals surface area contributed by atoms with Gasteiger partial charge in [0.05, 0.1) is 0 Å². The Hall–Kier alpha value is -2.55. The Morgan fingerprint density at radius 1 is 0.958 bits per heavy atom. The van der Waals surface area contributed by atoms with Crippen LogP contribution in [0.25, 0.3) is 6.08 Å². The Morgan fingerprint density at radius 3 is 2.29 bits per heavy atom. The Labute approximate surface area is 143 Å². The largest absolute Gasteiger partial charge is 0.508 e. The van der Waals surface area contributed by atoms with Crippen molar-refractivity contribution in [3.8, 4) is 5.75 Å². The quantitative estimate of drug-likeness (QED) is 0.770. The Bertz CT molecular complexity index is 696. The molecule has 0 aromatic heterocycles. The van der Waals surface area contributed by atoms with Gasteiger partial charge in [0.25, 0.3) is 0 Å². The first-order valence-corrected chi connectivity index (χ1v) is 8.59. The van der Waals surface area contributed by atoms with Gasteiger partial charge in [0, 0.05) is 11.8 Å². The van der Waals surface area contributed by atoms with E-state index in [-0.39, 0.29) is 11.7 Å². The van der Waals surface area contributed by atoms with Crippen molar-refractivity contribution < 1.29 is 9.90 Å². The van der Waals surface area contributed by atoms with Crippen molar-refractivity contribution in [1.82, 2.24) is 0 Å². The van der Waals surface area contributed by atoms with Gasteiger partial charge in [-0.15, -0.1) is 0 Å². The molecule has 0 atom stereocenters. The van der Waals surface area contributed by atoms with Gasteiger partial charge >= 0.3 is 0 Å². The summed E-state index contributed by atoms with van der Waals surface area (Å²) in [4.78, 5) is 12.0. The molecule has 124 valence electrons. The Kier molecular flexibility index (Phi) is 5.32.